The van der Waals surface area contributed by atoms with E-state index in [2.05, 4.69) is 15.5 Å². The van der Waals surface area contributed by atoms with Crippen molar-refractivity contribution in [1.82, 2.24) is 20.2 Å². The predicted molar refractivity (Wildman–Crippen MR) is 60.5 cm³/mol. The molecule has 1 fully saturated rings. The highest BCUT2D eigenvalue weighted by Crippen LogP contribution is 2.30. The van der Waals surface area contributed by atoms with Gasteiger partial charge in [0, 0.05) is 18.9 Å². The number of hydrogen-bond acceptors (Lipinski definition) is 4. The van der Waals surface area contributed by atoms with Crippen LogP contribution in [0.25, 0.3) is 0 Å². The van der Waals surface area contributed by atoms with E-state index in [1.54, 1.807) is 4.68 Å². The third kappa shape index (κ3) is 3.25. The second-order valence-electron chi connectivity index (χ2n) is 4.59. The Hall–Kier alpha value is -1.46. The quantitative estimate of drug-likeness (QED) is 0.842. The van der Waals surface area contributed by atoms with E-state index in [0.717, 1.165) is 18.7 Å². The van der Waals surface area contributed by atoms with Crippen molar-refractivity contribution in [2.24, 2.45) is 0 Å². The monoisotopic (exact) mass is 238 g/mol. The standard InChI is InChI=1S/C11H18N4O2/c16-10(17)7-4-8-15-11(12-13-14-15)9-5-2-1-3-6-9/h9H,1-8H2,(H,16,17). The van der Waals surface area contributed by atoms with Gasteiger partial charge in [0.2, 0.25) is 0 Å². The molecule has 0 spiro atoms. The van der Waals surface area contributed by atoms with E-state index in [1.165, 1.54) is 19.3 Å². The Kier molecular flexibility index (Phi) is 4.06. The number of tetrazole rings is 1. The Morgan fingerprint density at radius 3 is 2.82 bits per heavy atom. The molecule has 2 rings (SSSR count). The first-order valence-electron chi connectivity index (χ1n) is 6.25. The Balaban J connectivity index is 1.93. The summed E-state index contributed by atoms with van der Waals surface area (Å²) < 4.78 is 1.78. The maximum atomic E-state index is 10.5. The maximum Gasteiger partial charge on any atom is 0.303 e. The average molecular weight is 238 g/mol. The van der Waals surface area contributed by atoms with Gasteiger partial charge < -0.3 is 5.11 Å². The van der Waals surface area contributed by atoms with Crippen molar-refractivity contribution < 1.29 is 9.90 Å². The predicted octanol–water partition coefficient (Wildman–Crippen LogP) is 1.59. The second kappa shape index (κ2) is 5.75. The molecule has 0 unspecified atom stereocenters. The van der Waals surface area contributed by atoms with Gasteiger partial charge in [0.25, 0.3) is 0 Å². The number of aryl methyl sites for hydroxylation is 1. The Morgan fingerprint density at radius 2 is 2.12 bits per heavy atom. The highest BCUT2D eigenvalue weighted by Gasteiger charge is 2.21. The van der Waals surface area contributed by atoms with Crippen LogP contribution in [0.3, 0.4) is 0 Å². The van der Waals surface area contributed by atoms with Crippen LogP contribution in [0, 0.1) is 0 Å². The van der Waals surface area contributed by atoms with Crippen LogP contribution in [-0.2, 0) is 11.3 Å². The lowest BCUT2D eigenvalue weighted by molar-refractivity contribution is -0.137. The van der Waals surface area contributed by atoms with Crippen LogP contribution in [0.5, 0.6) is 0 Å². The number of nitrogens with zero attached hydrogens (tertiary/aromatic N) is 4. The van der Waals surface area contributed by atoms with Crippen molar-refractivity contribution in [2.45, 2.75) is 57.4 Å². The summed E-state index contributed by atoms with van der Waals surface area (Å²) in [4.78, 5) is 10.5. The van der Waals surface area contributed by atoms with Crippen molar-refractivity contribution in [1.29, 1.82) is 0 Å². The summed E-state index contributed by atoms with van der Waals surface area (Å²) in [6, 6.07) is 0. The summed E-state index contributed by atoms with van der Waals surface area (Å²) in [7, 11) is 0. The van der Waals surface area contributed by atoms with Gasteiger partial charge in [0.15, 0.2) is 5.82 Å². The van der Waals surface area contributed by atoms with Crippen molar-refractivity contribution in [3.63, 3.8) is 0 Å². The molecule has 0 atom stereocenters. The molecule has 0 aliphatic heterocycles. The smallest absolute Gasteiger partial charge is 0.303 e. The summed E-state index contributed by atoms with van der Waals surface area (Å²) in [5.74, 6) is 0.635. The molecule has 0 bridgehead atoms. The number of hydrogen-bond donors (Lipinski definition) is 1. The van der Waals surface area contributed by atoms with E-state index in [9.17, 15) is 4.79 Å². The molecule has 0 saturated heterocycles. The van der Waals surface area contributed by atoms with E-state index >= 15 is 0 Å². The first-order chi connectivity index (χ1) is 8.27. The Morgan fingerprint density at radius 1 is 1.35 bits per heavy atom. The zero-order chi connectivity index (χ0) is 12.1. The summed E-state index contributed by atoms with van der Waals surface area (Å²) >= 11 is 0. The van der Waals surface area contributed by atoms with Crippen LogP contribution in [0.2, 0.25) is 0 Å². The topological polar surface area (TPSA) is 80.9 Å². The van der Waals surface area contributed by atoms with E-state index in [4.69, 9.17) is 5.11 Å². The van der Waals surface area contributed by atoms with Gasteiger partial charge in [-0.15, -0.1) is 5.10 Å². The van der Waals surface area contributed by atoms with E-state index in [-0.39, 0.29) is 6.42 Å². The van der Waals surface area contributed by atoms with Crippen molar-refractivity contribution in [3.05, 3.63) is 5.82 Å². The minimum Gasteiger partial charge on any atom is -0.481 e. The summed E-state index contributed by atoms with van der Waals surface area (Å²) in [5, 5.41) is 20.4. The molecule has 1 aromatic heterocycles. The Bertz CT molecular complexity index is 371. The molecule has 1 aliphatic carbocycles. The van der Waals surface area contributed by atoms with Gasteiger partial charge in [0.05, 0.1) is 0 Å². The van der Waals surface area contributed by atoms with Gasteiger partial charge in [-0.3, -0.25) is 4.79 Å². The lowest BCUT2D eigenvalue weighted by atomic mass is 9.89. The van der Waals surface area contributed by atoms with Gasteiger partial charge in [-0.25, -0.2) is 4.68 Å². The van der Waals surface area contributed by atoms with Crippen LogP contribution >= 0.6 is 0 Å². The molecule has 1 aliphatic rings. The Labute approximate surface area is 100 Å². The summed E-state index contributed by atoms with van der Waals surface area (Å²) in [5.41, 5.74) is 0. The third-order valence-electron chi connectivity index (χ3n) is 3.29. The minimum atomic E-state index is -0.766. The SMILES string of the molecule is O=C(O)CCCn1nnnc1C1CCCCC1. The lowest BCUT2D eigenvalue weighted by Crippen LogP contribution is -2.14. The molecule has 1 aromatic rings. The molecule has 1 heterocycles. The van der Waals surface area contributed by atoms with Crippen LogP contribution in [0.4, 0.5) is 0 Å². The molecule has 0 aromatic carbocycles. The molecule has 1 saturated carbocycles. The number of carboxylic acid groups (broad SMARTS) is 1. The van der Waals surface area contributed by atoms with Crippen LogP contribution in [0.15, 0.2) is 0 Å². The largest absolute Gasteiger partial charge is 0.481 e. The second-order valence-corrected chi connectivity index (χ2v) is 4.59. The van der Waals surface area contributed by atoms with E-state index in [1.807, 2.05) is 0 Å². The minimum absolute atomic E-state index is 0.171. The molecular formula is C11H18N4O2. The fraction of sp³-hybridized carbons (Fsp3) is 0.818. The molecule has 0 amide bonds. The first-order valence-corrected chi connectivity index (χ1v) is 6.25. The lowest BCUT2D eigenvalue weighted by Gasteiger charge is -2.20. The third-order valence-corrected chi connectivity index (χ3v) is 3.29. The molecule has 17 heavy (non-hydrogen) atoms. The maximum absolute atomic E-state index is 10.5. The highest BCUT2D eigenvalue weighted by atomic mass is 16.4. The van der Waals surface area contributed by atoms with Gasteiger partial charge in [-0.2, -0.15) is 0 Å². The van der Waals surface area contributed by atoms with Crippen molar-refractivity contribution in [2.75, 3.05) is 0 Å². The molecule has 1 N–H and O–H groups in total. The summed E-state index contributed by atoms with van der Waals surface area (Å²) in [6.07, 6.45) is 6.85. The van der Waals surface area contributed by atoms with Gasteiger partial charge in [-0.1, -0.05) is 19.3 Å². The number of carbonyl (C=O) groups is 1. The molecular weight excluding hydrogens is 220 g/mol. The molecule has 94 valence electrons. The fourth-order valence-corrected chi connectivity index (χ4v) is 2.40. The number of aromatic nitrogens is 4. The molecule has 0 radical (unpaired) electrons. The molecule has 6 heteroatoms. The summed E-state index contributed by atoms with van der Waals surface area (Å²) in [6.45, 7) is 0.602. The first kappa shape index (κ1) is 12.0. The number of carboxylic acids is 1. The van der Waals surface area contributed by atoms with Crippen molar-refractivity contribution >= 4 is 5.97 Å². The van der Waals surface area contributed by atoms with Gasteiger partial charge >= 0.3 is 5.97 Å². The van der Waals surface area contributed by atoms with Gasteiger partial charge in [0.1, 0.15) is 0 Å². The normalized spacial score (nSPS) is 17.2. The van der Waals surface area contributed by atoms with Crippen LogP contribution in [-0.4, -0.2) is 31.3 Å². The van der Waals surface area contributed by atoms with E-state index in [0.29, 0.717) is 18.9 Å². The number of rotatable bonds is 5. The van der Waals surface area contributed by atoms with Crippen molar-refractivity contribution in [3.8, 4) is 0 Å². The zero-order valence-corrected chi connectivity index (χ0v) is 9.88. The van der Waals surface area contributed by atoms with Crippen LogP contribution < -0.4 is 0 Å². The fourth-order valence-electron chi connectivity index (χ4n) is 2.40. The van der Waals surface area contributed by atoms with Gasteiger partial charge in [-0.05, 0) is 29.7 Å². The van der Waals surface area contributed by atoms with E-state index < -0.39 is 5.97 Å². The zero-order valence-electron chi connectivity index (χ0n) is 9.88. The average Bonchev–Trinajstić information content (AvgIpc) is 2.78. The van der Waals surface area contributed by atoms with Crippen LogP contribution in [0.1, 0.15) is 56.7 Å². The highest BCUT2D eigenvalue weighted by molar-refractivity contribution is 5.66. The molecule has 6 nitrogen and oxygen atoms in total. The number of aliphatic carboxylic acids is 1.